The predicted molar refractivity (Wildman–Crippen MR) is 227 cm³/mol. The van der Waals surface area contributed by atoms with E-state index in [1.807, 2.05) is 66.7 Å². The first kappa shape index (κ1) is 32.2. The molecule has 0 aliphatic rings. The van der Waals surface area contributed by atoms with Crippen LogP contribution in [0.4, 0.5) is 17.1 Å². The minimum atomic E-state index is 0.614. The van der Waals surface area contributed by atoms with Gasteiger partial charge in [0.05, 0.1) is 16.9 Å². The van der Waals surface area contributed by atoms with Crippen LogP contribution in [0.1, 0.15) is 0 Å². The maximum absolute atomic E-state index is 5.58. The minimum Gasteiger partial charge on any atom is -0.308 e. The van der Waals surface area contributed by atoms with E-state index < -0.39 is 0 Å². The number of anilines is 3. The topological polar surface area (TPSA) is 54.8 Å². The Hall–Kier alpha value is -7.50. The van der Waals surface area contributed by atoms with E-state index in [9.17, 15) is 0 Å². The van der Waals surface area contributed by atoms with E-state index >= 15 is 0 Å². The highest BCUT2D eigenvalue weighted by molar-refractivity contribution is 6.27. The number of benzene rings is 8. The Bertz CT molecular complexity index is 2860. The van der Waals surface area contributed by atoms with Gasteiger partial charge in [-0.05, 0) is 35.7 Å². The molecule has 0 spiro atoms. The summed E-state index contributed by atoms with van der Waals surface area (Å²) in [7, 11) is 0. The van der Waals surface area contributed by atoms with Gasteiger partial charge in [0.1, 0.15) is 0 Å². The van der Waals surface area contributed by atoms with Gasteiger partial charge < -0.3 is 4.90 Å². The zero-order chi connectivity index (χ0) is 36.6. The lowest BCUT2D eigenvalue weighted by Gasteiger charge is -2.27. The molecule has 10 aromatic rings. The Morgan fingerprint density at radius 2 is 0.836 bits per heavy atom. The summed E-state index contributed by atoms with van der Waals surface area (Å²) in [5.41, 5.74) is 8.74. The molecule has 55 heavy (non-hydrogen) atoms. The lowest BCUT2D eigenvalue weighted by atomic mass is 9.92. The van der Waals surface area contributed by atoms with Gasteiger partial charge in [-0.15, -0.1) is 0 Å². The smallest absolute Gasteiger partial charge is 0.164 e. The van der Waals surface area contributed by atoms with Gasteiger partial charge in [0.25, 0.3) is 0 Å². The van der Waals surface area contributed by atoms with Crippen LogP contribution in [0.15, 0.2) is 200 Å². The lowest BCUT2D eigenvalue weighted by Crippen LogP contribution is -2.11. The van der Waals surface area contributed by atoms with E-state index in [2.05, 4.69) is 138 Å². The molecule has 5 nitrogen and oxygen atoms in total. The van der Waals surface area contributed by atoms with Gasteiger partial charge >= 0.3 is 0 Å². The first-order valence-electron chi connectivity index (χ1n) is 18.4. The summed E-state index contributed by atoms with van der Waals surface area (Å²) < 4.78 is 0. The fraction of sp³-hybridized carbons (Fsp3) is 0. The molecule has 0 unspecified atom stereocenters. The van der Waals surface area contributed by atoms with E-state index in [1.54, 1.807) is 0 Å². The van der Waals surface area contributed by atoms with Gasteiger partial charge in [-0.3, -0.25) is 0 Å². The van der Waals surface area contributed by atoms with Gasteiger partial charge in [0, 0.05) is 55.2 Å². The molecule has 0 saturated heterocycles. The first-order valence-corrected chi connectivity index (χ1v) is 18.4. The van der Waals surface area contributed by atoms with Crippen LogP contribution < -0.4 is 4.90 Å². The Labute approximate surface area is 318 Å². The molecule has 2 heterocycles. The van der Waals surface area contributed by atoms with Crippen molar-refractivity contribution in [1.29, 1.82) is 0 Å². The highest BCUT2D eigenvalue weighted by Crippen LogP contribution is 2.45. The van der Waals surface area contributed by atoms with Crippen LogP contribution in [0.5, 0.6) is 0 Å². The number of fused-ring (bicyclic) bond motifs is 5. The predicted octanol–water partition coefficient (Wildman–Crippen LogP) is 12.9. The molecule has 10 rings (SSSR count). The van der Waals surface area contributed by atoms with E-state index in [0.717, 1.165) is 77.5 Å². The molecule has 0 radical (unpaired) electrons. The number of rotatable bonds is 7. The summed E-state index contributed by atoms with van der Waals surface area (Å²) in [4.78, 5) is 23.3. The molecule has 0 bridgehead atoms. The average molecular weight is 704 g/mol. The zero-order valence-electron chi connectivity index (χ0n) is 29.8. The van der Waals surface area contributed by atoms with Crippen LogP contribution in [0.25, 0.3) is 77.9 Å². The summed E-state index contributed by atoms with van der Waals surface area (Å²) in [6, 6.07) is 69.1. The van der Waals surface area contributed by atoms with E-state index in [0.29, 0.717) is 17.5 Å². The van der Waals surface area contributed by atoms with Crippen molar-refractivity contribution in [2.75, 3.05) is 4.90 Å². The maximum atomic E-state index is 5.58. The highest BCUT2D eigenvalue weighted by atomic mass is 15.1. The van der Waals surface area contributed by atoms with Crippen molar-refractivity contribution in [2.24, 2.45) is 0 Å². The Balaban J connectivity index is 1.33. The highest BCUT2D eigenvalue weighted by Gasteiger charge is 2.22. The average Bonchev–Trinajstić information content (AvgIpc) is 3.27. The van der Waals surface area contributed by atoms with E-state index in [4.69, 9.17) is 19.9 Å². The summed E-state index contributed by atoms with van der Waals surface area (Å²) in [5, 5.41) is 5.36. The monoisotopic (exact) mass is 703 g/mol. The van der Waals surface area contributed by atoms with Crippen LogP contribution in [0.3, 0.4) is 0 Å². The van der Waals surface area contributed by atoms with Crippen molar-refractivity contribution in [3.8, 4) is 45.4 Å². The second kappa shape index (κ2) is 13.8. The summed E-state index contributed by atoms with van der Waals surface area (Å²) >= 11 is 0. The number of hydrogen-bond acceptors (Lipinski definition) is 5. The molecule has 258 valence electrons. The third-order valence-electron chi connectivity index (χ3n) is 10.1. The Morgan fingerprint density at radius 1 is 0.327 bits per heavy atom. The van der Waals surface area contributed by atoms with Crippen molar-refractivity contribution in [3.63, 3.8) is 0 Å². The molecular weight excluding hydrogens is 671 g/mol. The first-order chi connectivity index (χ1) is 27.3. The number of pyridine rings is 1. The SMILES string of the molecule is c1ccc(-c2nc(-c3ccccc3)nc(-c3cccc4ccc5c(-c6ccccc6)nc6c(N(c7ccccc7)c7ccccc7)cccc6c5c34)n2)cc1. The van der Waals surface area contributed by atoms with Crippen LogP contribution in [0.2, 0.25) is 0 Å². The van der Waals surface area contributed by atoms with Crippen molar-refractivity contribution in [2.45, 2.75) is 0 Å². The third kappa shape index (κ3) is 5.85. The van der Waals surface area contributed by atoms with Crippen molar-refractivity contribution >= 4 is 49.5 Å². The summed E-state index contributed by atoms with van der Waals surface area (Å²) in [5.74, 6) is 1.87. The number of nitrogens with zero attached hydrogens (tertiary/aromatic N) is 5. The summed E-state index contributed by atoms with van der Waals surface area (Å²) in [6.45, 7) is 0. The Morgan fingerprint density at radius 3 is 1.42 bits per heavy atom. The van der Waals surface area contributed by atoms with Gasteiger partial charge in [-0.25, -0.2) is 19.9 Å². The van der Waals surface area contributed by atoms with E-state index in [-0.39, 0.29) is 0 Å². The van der Waals surface area contributed by atoms with Gasteiger partial charge in [-0.1, -0.05) is 170 Å². The van der Waals surface area contributed by atoms with Crippen LogP contribution in [-0.2, 0) is 0 Å². The maximum Gasteiger partial charge on any atom is 0.164 e. The van der Waals surface area contributed by atoms with Crippen LogP contribution >= 0.6 is 0 Å². The zero-order valence-corrected chi connectivity index (χ0v) is 29.8. The molecule has 0 N–H and O–H groups in total. The fourth-order valence-corrected chi connectivity index (χ4v) is 7.57. The Kier molecular flexibility index (Phi) is 8.08. The number of aromatic nitrogens is 4. The molecule has 0 saturated carbocycles. The standard InChI is InChI=1S/C50H33N5/c1-6-18-35(19-7-1)46-41-33-32-34-24-16-30-42(50-53-48(36-20-8-2-9-21-36)52-49(54-50)37-22-10-3-11-23-37)44(34)45(41)40-29-17-31-43(47(40)51-46)55(38-25-12-4-13-26-38)39-27-14-5-15-28-39/h1-33H. The van der Waals surface area contributed by atoms with Gasteiger partial charge in [0.2, 0.25) is 0 Å². The van der Waals surface area contributed by atoms with Gasteiger partial charge in [0.15, 0.2) is 17.5 Å². The number of para-hydroxylation sites is 3. The molecule has 0 amide bonds. The largest absolute Gasteiger partial charge is 0.308 e. The molecule has 0 fully saturated rings. The van der Waals surface area contributed by atoms with E-state index in [1.165, 1.54) is 0 Å². The summed E-state index contributed by atoms with van der Waals surface area (Å²) in [6.07, 6.45) is 0. The normalized spacial score (nSPS) is 11.3. The quantitative estimate of drug-likeness (QED) is 0.155. The molecule has 2 aromatic heterocycles. The molecule has 0 aliphatic carbocycles. The van der Waals surface area contributed by atoms with Crippen LogP contribution in [0, 0.1) is 0 Å². The van der Waals surface area contributed by atoms with Crippen molar-refractivity contribution in [1.82, 2.24) is 19.9 Å². The molecule has 5 heteroatoms. The van der Waals surface area contributed by atoms with Crippen molar-refractivity contribution in [3.05, 3.63) is 200 Å². The van der Waals surface area contributed by atoms with Gasteiger partial charge in [-0.2, -0.15) is 0 Å². The lowest BCUT2D eigenvalue weighted by molar-refractivity contribution is 1.08. The second-order valence-corrected chi connectivity index (χ2v) is 13.4. The molecule has 0 atom stereocenters. The van der Waals surface area contributed by atoms with Crippen molar-refractivity contribution < 1.29 is 0 Å². The minimum absolute atomic E-state index is 0.614. The third-order valence-corrected chi connectivity index (χ3v) is 10.1. The van der Waals surface area contributed by atoms with Crippen LogP contribution in [-0.4, -0.2) is 19.9 Å². The second-order valence-electron chi connectivity index (χ2n) is 13.4. The fourth-order valence-electron chi connectivity index (χ4n) is 7.57. The molecule has 0 aliphatic heterocycles. The molecular formula is C50H33N5. The molecule has 8 aromatic carbocycles. The number of hydrogen-bond donors (Lipinski definition) is 0.